The van der Waals surface area contributed by atoms with Crippen molar-refractivity contribution in [1.29, 1.82) is 5.26 Å². The number of benzene rings is 2. The Kier molecular flexibility index (Phi) is 5.45. The molecule has 0 N–H and O–H groups in total. The normalized spacial score (nSPS) is 19.8. The van der Waals surface area contributed by atoms with E-state index in [0.29, 0.717) is 6.04 Å². The fourth-order valence-electron chi connectivity index (χ4n) is 4.59. The van der Waals surface area contributed by atoms with Gasteiger partial charge in [0, 0.05) is 30.7 Å². The first-order chi connectivity index (χ1) is 13.2. The smallest absolute Gasteiger partial charge is 0.0656 e. The average molecular weight is 360 g/mol. The first-order valence-corrected chi connectivity index (χ1v) is 10.3. The van der Waals surface area contributed by atoms with Crippen LogP contribution in [0.3, 0.4) is 0 Å². The number of hydrogen-bond donors (Lipinski definition) is 0. The van der Waals surface area contributed by atoms with Crippen molar-refractivity contribution in [3.8, 4) is 17.2 Å². The van der Waals surface area contributed by atoms with E-state index in [1.165, 1.54) is 35.2 Å². The van der Waals surface area contributed by atoms with Gasteiger partial charge in [-0.25, -0.2) is 0 Å². The fourth-order valence-corrected chi connectivity index (χ4v) is 4.59. The van der Waals surface area contributed by atoms with E-state index in [1.54, 1.807) is 0 Å². The molecule has 4 rings (SSSR count). The van der Waals surface area contributed by atoms with Crippen LogP contribution in [0.5, 0.6) is 0 Å². The highest BCUT2D eigenvalue weighted by molar-refractivity contribution is 5.69. The van der Waals surface area contributed by atoms with Crippen LogP contribution in [-0.2, 0) is 0 Å². The van der Waals surface area contributed by atoms with Gasteiger partial charge in [0.15, 0.2) is 0 Å². The van der Waals surface area contributed by atoms with Gasteiger partial charge < -0.3 is 9.80 Å². The van der Waals surface area contributed by atoms with Crippen molar-refractivity contribution in [2.45, 2.75) is 38.6 Å². The lowest BCUT2D eigenvalue weighted by Gasteiger charge is -2.41. The van der Waals surface area contributed by atoms with Crippen LogP contribution in [0.15, 0.2) is 48.5 Å². The van der Waals surface area contributed by atoms with Gasteiger partial charge in [0.1, 0.15) is 0 Å². The summed E-state index contributed by atoms with van der Waals surface area (Å²) in [6, 6.07) is 20.9. The van der Waals surface area contributed by atoms with E-state index in [4.69, 9.17) is 5.26 Å². The monoisotopic (exact) mass is 359 g/mol. The molecule has 0 spiro atoms. The van der Waals surface area contributed by atoms with Crippen molar-refractivity contribution in [2.24, 2.45) is 5.92 Å². The van der Waals surface area contributed by atoms with E-state index in [9.17, 15) is 0 Å². The number of likely N-dealkylation sites (tertiary alicyclic amines) is 1. The number of piperidine rings is 2. The minimum atomic E-state index is 0.283. The molecule has 0 bridgehead atoms. The molecule has 3 nitrogen and oxygen atoms in total. The molecule has 140 valence electrons. The van der Waals surface area contributed by atoms with Gasteiger partial charge in [0.2, 0.25) is 0 Å². The minimum absolute atomic E-state index is 0.283. The lowest BCUT2D eigenvalue weighted by atomic mass is 9.94. The maximum absolute atomic E-state index is 9.09. The Hall–Kier alpha value is -2.31. The number of nitrogens with zero attached hydrogens (tertiary/aromatic N) is 3. The average Bonchev–Trinajstić information content (AvgIpc) is 2.74. The van der Waals surface area contributed by atoms with E-state index in [1.807, 2.05) is 0 Å². The Morgan fingerprint density at radius 1 is 0.852 bits per heavy atom. The van der Waals surface area contributed by atoms with Crippen LogP contribution in [0, 0.1) is 24.2 Å². The Morgan fingerprint density at radius 2 is 1.52 bits per heavy atom. The molecule has 2 saturated heterocycles. The van der Waals surface area contributed by atoms with Gasteiger partial charge >= 0.3 is 0 Å². The van der Waals surface area contributed by atoms with Gasteiger partial charge in [-0.15, -0.1) is 0 Å². The first kappa shape index (κ1) is 18.1. The topological polar surface area (TPSA) is 30.3 Å². The molecule has 2 aromatic carbocycles. The summed E-state index contributed by atoms with van der Waals surface area (Å²) in [7, 11) is 0. The number of aryl methyl sites for hydroxylation is 1. The summed E-state index contributed by atoms with van der Waals surface area (Å²) >= 11 is 0. The number of anilines is 1. The maximum Gasteiger partial charge on any atom is 0.0656 e. The van der Waals surface area contributed by atoms with Gasteiger partial charge in [-0.1, -0.05) is 42.0 Å². The Morgan fingerprint density at radius 3 is 2.19 bits per heavy atom. The molecule has 0 aromatic heterocycles. The second kappa shape index (κ2) is 8.15. The molecular weight excluding hydrogens is 330 g/mol. The Labute approximate surface area is 163 Å². The molecule has 0 radical (unpaired) electrons. The zero-order chi connectivity index (χ0) is 18.6. The number of nitriles is 1. The summed E-state index contributed by atoms with van der Waals surface area (Å²) in [5.41, 5.74) is 5.25. The highest BCUT2D eigenvalue weighted by Gasteiger charge is 2.28. The molecule has 0 unspecified atom stereocenters. The first-order valence-electron chi connectivity index (χ1n) is 10.3. The molecule has 2 aliphatic heterocycles. The summed E-state index contributed by atoms with van der Waals surface area (Å²) < 4.78 is 0. The molecule has 0 aliphatic carbocycles. The summed E-state index contributed by atoms with van der Waals surface area (Å²) in [4.78, 5) is 5.17. The predicted octanol–water partition coefficient (Wildman–Crippen LogP) is 4.87. The fraction of sp³-hybridized carbons (Fsp3) is 0.458. The van der Waals surface area contributed by atoms with E-state index in [0.717, 1.165) is 39.0 Å². The van der Waals surface area contributed by atoms with Crippen LogP contribution in [-0.4, -0.2) is 37.1 Å². The summed E-state index contributed by atoms with van der Waals surface area (Å²) in [5, 5.41) is 9.09. The summed E-state index contributed by atoms with van der Waals surface area (Å²) in [6.45, 7) is 6.61. The third-order valence-electron chi connectivity index (χ3n) is 6.26. The zero-order valence-corrected chi connectivity index (χ0v) is 16.3. The Balaban J connectivity index is 1.39. The van der Waals surface area contributed by atoms with Gasteiger partial charge in [-0.2, -0.15) is 5.26 Å². The molecule has 2 aliphatic rings. The molecule has 0 amide bonds. The molecule has 0 saturated carbocycles. The van der Waals surface area contributed by atoms with Crippen LogP contribution in [0.1, 0.15) is 31.2 Å². The van der Waals surface area contributed by atoms with Crippen molar-refractivity contribution in [3.05, 3.63) is 54.1 Å². The van der Waals surface area contributed by atoms with Crippen molar-refractivity contribution < 1.29 is 0 Å². The van der Waals surface area contributed by atoms with Crippen molar-refractivity contribution >= 4 is 5.69 Å². The highest BCUT2D eigenvalue weighted by atomic mass is 15.2. The standard InChI is InChI=1S/C24H29N3/c1-19-4-2-5-21(16-19)22-6-3-7-24(17-22)27-14-10-23(11-15-27)26-12-8-20(18-25)9-13-26/h2-7,16-17,20,23H,8-15H2,1H3. The molecule has 2 fully saturated rings. The van der Waals surface area contributed by atoms with Crippen LogP contribution >= 0.6 is 0 Å². The lowest BCUT2D eigenvalue weighted by molar-refractivity contribution is 0.127. The number of hydrogen-bond acceptors (Lipinski definition) is 3. The second-order valence-electron chi connectivity index (χ2n) is 8.08. The van der Waals surface area contributed by atoms with Gasteiger partial charge in [-0.3, -0.25) is 0 Å². The quantitative estimate of drug-likeness (QED) is 0.783. The highest BCUT2D eigenvalue weighted by Crippen LogP contribution is 2.29. The number of rotatable bonds is 3. The van der Waals surface area contributed by atoms with E-state index in [2.05, 4.69) is 71.3 Å². The van der Waals surface area contributed by atoms with Gasteiger partial charge in [-0.05, 0) is 69.0 Å². The third kappa shape index (κ3) is 4.17. The summed E-state index contributed by atoms with van der Waals surface area (Å²) in [5.74, 6) is 0.283. The van der Waals surface area contributed by atoms with Crippen LogP contribution in [0.4, 0.5) is 5.69 Å². The minimum Gasteiger partial charge on any atom is -0.371 e. The van der Waals surface area contributed by atoms with Crippen molar-refractivity contribution in [1.82, 2.24) is 4.90 Å². The lowest BCUT2D eigenvalue weighted by Crippen LogP contribution is -2.47. The Bertz CT molecular complexity index is 806. The van der Waals surface area contributed by atoms with Crippen molar-refractivity contribution in [3.63, 3.8) is 0 Å². The molecule has 2 aromatic rings. The molecular formula is C24H29N3. The zero-order valence-electron chi connectivity index (χ0n) is 16.3. The van der Waals surface area contributed by atoms with Crippen molar-refractivity contribution in [2.75, 3.05) is 31.1 Å². The largest absolute Gasteiger partial charge is 0.371 e. The van der Waals surface area contributed by atoms with E-state index >= 15 is 0 Å². The van der Waals surface area contributed by atoms with E-state index < -0.39 is 0 Å². The van der Waals surface area contributed by atoms with Crippen LogP contribution < -0.4 is 4.90 Å². The third-order valence-corrected chi connectivity index (χ3v) is 6.26. The van der Waals surface area contributed by atoms with Crippen LogP contribution in [0.25, 0.3) is 11.1 Å². The van der Waals surface area contributed by atoms with E-state index in [-0.39, 0.29) is 5.92 Å². The molecule has 2 heterocycles. The molecule has 0 atom stereocenters. The summed E-state index contributed by atoms with van der Waals surface area (Å²) in [6.07, 6.45) is 4.56. The second-order valence-corrected chi connectivity index (χ2v) is 8.08. The maximum atomic E-state index is 9.09. The SMILES string of the molecule is Cc1cccc(-c2cccc(N3CCC(N4CCC(C#N)CC4)CC3)c2)c1. The molecule has 27 heavy (non-hydrogen) atoms. The van der Waals surface area contributed by atoms with Gasteiger partial charge in [0.25, 0.3) is 0 Å². The van der Waals surface area contributed by atoms with Crippen LogP contribution in [0.2, 0.25) is 0 Å². The van der Waals surface area contributed by atoms with Gasteiger partial charge in [0.05, 0.1) is 6.07 Å². The molecule has 3 heteroatoms. The predicted molar refractivity (Wildman–Crippen MR) is 112 cm³/mol.